The van der Waals surface area contributed by atoms with Gasteiger partial charge in [-0.1, -0.05) is 45.0 Å². The first-order valence-corrected chi connectivity index (χ1v) is 8.46. The van der Waals surface area contributed by atoms with Crippen molar-refractivity contribution < 1.29 is 0 Å². The minimum atomic E-state index is 0.252. The second-order valence-electron chi connectivity index (χ2n) is 9.19. The van der Waals surface area contributed by atoms with E-state index in [-0.39, 0.29) is 5.54 Å². The van der Waals surface area contributed by atoms with Gasteiger partial charge in [0.25, 0.3) is 0 Å². The molecule has 0 amide bonds. The molecule has 1 aliphatic carbocycles. The van der Waals surface area contributed by atoms with Gasteiger partial charge in [-0.25, -0.2) is 0 Å². The van der Waals surface area contributed by atoms with E-state index in [1.807, 2.05) is 0 Å². The van der Waals surface area contributed by atoms with E-state index >= 15 is 0 Å². The predicted molar refractivity (Wildman–Crippen MR) is 92.7 cm³/mol. The summed E-state index contributed by atoms with van der Waals surface area (Å²) >= 11 is 0. The van der Waals surface area contributed by atoms with E-state index < -0.39 is 0 Å². The van der Waals surface area contributed by atoms with Gasteiger partial charge in [-0.05, 0) is 68.9 Å². The Kier molecular flexibility index (Phi) is 4.82. The summed E-state index contributed by atoms with van der Waals surface area (Å²) in [6.45, 7) is 13.7. The molecule has 0 unspecified atom stereocenters. The molecule has 0 aromatic heterocycles. The van der Waals surface area contributed by atoms with Gasteiger partial charge >= 0.3 is 0 Å². The third-order valence-corrected chi connectivity index (χ3v) is 4.12. The molecule has 0 radical (unpaired) electrons. The largest absolute Gasteiger partial charge is 0.309 e. The van der Waals surface area contributed by atoms with Crippen LogP contribution in [-0.2, 0) is 12.8 Å². The average molecular weight is 287 g/mol. The van der Waals surface area contributed by atoms with Gasteiger partial charge in [0.15, 0.2) is 0 Å². The Hall–Kier alpha value is -0.820. The fourth-order valence-corrected chi connectivity index (χ4v) is 3.44. The first-order valence-electron chi connectivity index (χ1n) is 8.46. The highest BCUT2D eigenvalue weighted by Gasteiger charge is 2.31. The Labute approximate surface area is 131 Å². The van der Waals surface area contributed by atoms with Crippen LogP contribution < -0.4 is 5.32 Å². The minimum Gasteiger partial charge on any atom is -0.309 e. The second kappa shape index (κ2) is 6.12. The molecule has 118 valence electrons. The normalized spacial score (nSPS) is 23.0. The molecule has 1 N–H and O–H groups in total. The Bertz CT molecular complexity index is 455. The zero-order valence-corrected chi connectivity index (χ0v) is 14.8. The van der Waals surface area contributed by atoms with Crippen LogP contribution in [0.2, 0.25) is 0 Å². The highest BCUT2D eigenvalue weighted by molar-refractivity contribution is 5.25. The van der Waals surface area contributed by atoms with Crippen molar-refractivity contribution in [2.24, 2.45) is 11.3 Å². The maximum atomic E-state index is 3.71. The molecule has 2 rings (SSSR count). The number of nitrogens with one attached hydrogen (secondary N) is 1. The fraction of sp³-hybridized carbons (Fsp3) is 0.700. The zero-order valence-electron chi connectivity index (χ0n) is 14.8. The van der Waals surface area contributed by atoms with E-state index in [0.717, 1.165) is 12.0 Å². The fourth-order valence-electron chi connectivity index (χ4n) is 3.44. The lowest BCUT2D eigenvalue weighted by atomic mass is 9.75. The summed E-state index contributed by atoms with van der Waals surface area (Å²) in [5, 5.41) is 3.71. The second-order valence-corrected chi connectivity index (χ2v) is 9.19. The Morgan fingerprint density at radius 3 is 2.19 bits per heavy atom. The van der Waals surface area contributed by atoms with Gasteiger partial charge < -0.3 is 5.32 Å². The minimum absolute atomic E-state index is 0.252. The van der Waals surface area contributed by atoms with E-state index in [1.165, 1.54) is 36.8 Å². The molecule has 0 spiro atoms. The van der Waals surface area contributed by atoms with Crippen LogP contribution in [-0.4, -0.2) is 11.6 Å². The Balaban J connectivity index is 1.84. The Morgan fingerprint density at radius 2 is 1.62 bits per heavy atom. The molecule has 1 aromatic carbocycles. The summed E-state index contributed by atoms with van der Waals surface area (Å²) in [7, 11) is 0. The lowest BCUT2D eigenvalue weighted by Crippen LogP contribution is -2.50. The molecule has 0 saturated heterocycles. The van der Waals surface area contributed by atoms with Crippen LogP contribution in [0.4, 0.5) is 0 Å². The van der Waals surface area contributed by atoms with E-state index in [2.05, 4.69) is 71.1 Å². The number of hydrogen-bond acceptors (Lipinski definition) is 1. The van der Waals surface area contributed by atoms with Crippen molar-refractivity contribution in [2.45, 2.75) is 78.8 Å². The summed E-state index contributed by atoms with van der Waals surface area (Å²) < 4.78 is 0. The van der Waals surface area contributed by atoms with Gasteiger partial charge in [-0.15, -0.1) is 0 Å². The maximum Gasteiger partial charge on any atom is 0.00991 e. The van der Waals surface area contributed by atoms with Crippen molar-refractivity contribution in [3.8, 4) is 0 Å². The van der Waals surface area contributed by atoms with E-state index in [1.54, 1.807) is 0 Å². The molecule has 0 atom stereocenters. The molecule has 21 heavy (non-hydrogen) atoms. The van der Waals surface area contributed by atoms with E-state index in [9.17, 15) is 0 Å². The highest BCUT2D eigenvalue weighted by Crippen LogP contribution is 2.32. The van der Waals surface area contributed by atoms with Crippen LogP contribution in [0.25, 0.3) is 0 Å². The highest BCUT2D eigenvalue weighted by atomic mass is 15.0. The molecular formula is C20H33N. The van der Waals surface area contributed by atoms with Crippen molar-refractivity contribution >= 4 is 0 Å². The van der Waals surface area contributed by atoms with Gasteiger partial charge in [0, 0.05) is 11.6 Å². The van der Waals surface area contributed by atoms with Crippen LogP contribution in [0.5, 0.6) is 0 Å². The molecule has 1 nitrogen and oxygen atoms in total. The molecule has 1 heteroatoms. The quantitative estimate of drug-likeness (QED) is 0.823. The van der Waals surface area contributed by atoms with Crippen molar-refractivity contribution in [3.05, 3.63) is 35.4 Å². The maximum absolute atomic E-state index is 3.71. The summed E-state index contributed by atoms with van der Waals surface area (Å²) in [6, 6.07) is 9.97. The van der Waals surface area contributed by atoms with Crippen LogP contribution in [0.1, 0.15) is 65.5 Å². The van der Waals surface area contributed by atoms with Gasteiger partial charge in [0.2, 0.25) is 0 Å². The first kappa shape index (κ1) is 16.5. The Morgan fingerprint density at radius 1 is 1.00 bits per heavy atom. The molecule has 0 heterocycles. The van der Waals surface area contributed by atoms with Gasteiger partial charge in [0.1, 0.15) is 0 Å². The lowest BCUT2D eigenvalue weighted by molar-refractivity contribution is 0.185. The van der Waals surface area contributed by atoms with Crippen molar-refractivity contribution in [1.82, 2.24) is 5.32 Å². The number of benzene rings is 1. The third-order valence-electron chi connectivity index (χ3n) is 4.12. The lowest BCUT2D eigenvalue weighted by Gasteiger charge is -2.40. The number of hydrogen-bond donors (Lipinski definition) is 1. The summed E-state index contributed by atoms with van der Waals surface area (Å²) in [4.78, 5) is 0. The first-order chi connectivity index (χ1) is 9.61. The molecular weight excluding hydrogens is 254 g/mol. The molecule has 0 aliphatic heterocycles. The smallest absolute Gasteiger partial charge is 0.00991 e. The van der Waals surface area contributed by atoms with Crippen LogP contribution in [0, 0.1) is 11.3 Å². The summed E-state index contributed by atoms with van der Waals surface area (Å²) in [5.41, 5.74) is 3.64. The summed E-state index contributed by atoms with van der Waals surface area (Å²) in [5.74, 6) is 0.870. The van der Waals surface area contributed by atoms with Crippen LogP contribution in [0.3, 0.4) is 0 Å². The summed E-state index contributed by atoms with van der Waals surface area (Å²) in [6.07, 6.45) is 5.08. The molecule has 1 aromatic rings. The average Bonchev–Trinajstić information content (AvgIpc) is 2.22. The van der Waals surface area contributed by atoms with Crippen molar-refractivity contribution in [1.29, 1.82) is 0 Å². The van der Waals surface area contributed by atoms with E-state index in [0.29, 0.717) is 5.41 Å². The van der Waals surface area contributed by atoms with Gasteiger partial charge in [0.05, 0.1) is 0 Å². The monoisotopic (exact) mass is 287 g/mol. The van der Waals surface area contributed by atoms with Gasteiger partial charge in [-0.2, -0.15) is 0 Å². The van der Waals surface area contributed by atoms with Crippen LogP contribution in [0.15, 0.2) is 24.3 Å². The van der Waals surface area contributed by atoms with Gasteiger partial charge in [-0.3, -0.25) is 0 Å². The molecule has 1 saturated carbocycles. The topological polar surface area (TPSA) is 12.0 Å². The standard InChI is InChI=1S/C20H33N/c1-19(2,3)14-16-9-7-8-15(10-16)11-17-12-18(13-17)21-20(4,5)6/h7-10,17-18,21H,11-14H2,1-6H3. The van der Waals surface area contributed by atoms with E-state index in [4.69, 9.17) is 0 Å². The van der Waals surface area contributed by atoms with Crippen LogP contribution >= 0.6 is 0 Å². The van der Waals surface area contributed by atoms with Crippen molar-refractivity contribution in [3.63, 3.8) is 0 Å². The van der Waals surface area contributed by atoms with Crippen molar-refractivity contribution in [2.75, 3.05) is 0 Å². The SMILES string of the molecule is CC(C)(C)Cc1cccc(CC2CC(NC(C)(C)C)C2)c1. The predicted octanol–water partition coefficient (Wildman–Crippen LogP) is 4.98. The number of rotatable bonds is 4. The zero-order chi connectivity index (χ0) is 15.7. The third kappa shape index (κ3) is 5.82. The molecule has 1 fully saturated rings. The molecule has 1 aliphatic rings. The molecule has 0 bridgehead atoms.